The van der Waals surface area contributed by atoms with Gasteiger partial charge in [0.2, 0.25) is 5.91 Å². The van der Waals surface area contributed by atoms with Gasteiger partial charge in [-0.05, 0) is 12.3 Å². The fourth-order valence-electron chi connectivity index (χ4n) is 2.81. The minimum absolute atomic E-state index is 0.0454. The first kappa shape index (κ1) is 13.6. The van der Waals surface area contributed by atoms with Crippen LogP contribution in [0.25, 0.3) is 0 Å². The van der Waals surface area contributed by atoms with Crippen molar-refractivity contribution in [2.75, 3.05) is 26.2 Å². The molecule has 3 atom stereocenters. The number of hydrogen-bond acceptors (Lipinski definition) is 3. The summed E-state index contributed by atoms with van der Waals surface area (Å²) in [5, 5.41) is 9.05. The molecular formula is C12H19N3O4. The summed E-state index contributed by atoms with van der Waals surface area (Å²) >= 11 is 0. The van der Waals surface area contributed by atoms with Crippen molar-refractivity contribution in [2.24, 2.45) is 23.5 Å². The molecule has 2 heterocycles. The highest BCUT2D eigenvalue weighted by Gasteiger charge is 2.40. The van der Waals surface area contributed by atoms with Crippen LogP contribution in [0.1, 0.15) is 13.3 Å². The number of hydrogen-bond donors (Lipinski definition) is 2. The number of likely N-dealkylation sites (tertiary alicyclic amines) is 2. The zero-order chi connectivity index (χ0) is 14.2. The third-order valence-corrected chi connectivity index (χ3v) is 4.06. The van der Waals surface area contributed by atoms with E-state index in [1.54, 1.807) is 9.80 Å². The summed E-state index contributed by atoms with van der Waals surface area (Å²) in [4.78, 5) is 37.5. The molecule has 0 bridgehead atoms. The Balaban J connectivity index is 1.95. The zero-order valence-electron chi connectivity index (χ0n) is 10.9. The molecule has 0 aromatic carbocycles. The number of primary amides is 1. The lowest BCUT2D eigenvalue weighted by molar-refractivity contribution is -0.142. The highest BCUT2D eigenvalue weighted by Crippen LogP contribution is 2.26. The van der Waals surface area contributed by atoms with E-state index < -0.39 is 11.9 Å². The van der Waals surface area contributed by atoms with Crippen LogP contribution < -0.4 is 5.73 Å². The van der Waals surface area contributed by atoms with Gasteiger partial charge in [-0.25, -0.2) is 4.79 Å². The number of amides is 3. The molecule has 2 rings (SSSR count). The number of nitrogens with two attached hydrogens (primary N) is 1. The van der Waals surface area contributed by atoms with Crippen molar-refractivity contribution in [3.05, 3.63) is 0 Å². The lowest BCUT2D eigenvalue weighted by atomic mass is 9.99. The second kappa shape index (κ2) is 5.07. The van der Waals surface area contributed by atoms with E-state index in [1.807, 2.05) is 6.92 Å². The van der Waals surface area contributed by atoms with Crippen molar-refractivity contribution in [1.29, 1.82) is 0 Å². The Morgan fingerprint density at radius 1 is 1.16 bits per heavy atom. The van der Waals surface area contributed by atoms with E-state index in [0.29, 0.717) is 26.1 Å². The van der Waals surface area contributed by atoms with E-state index in [-0.39, 0.29) is 30.3 Å². The van der Waals surface area contributed by atoms with Gasteiger partial charge >= 0.3 is 12.0 Å². The fourth-order valence-corrected chi connectivity index (χ4v) is 2.81. The van der Waals surface area contributed by atoms with Crippen molar-refractivity contribution in [2.45, 2.75) is 13.3 Å². The number of carboxylic acid groups (broad SMARTS) is 1. The largest absolute Gasteiger partial charge is 0.481 e. The van der Waals surface area contributed by atoms with E-state index >= 15 is 0 Å². The summed E-state index contributed by atoms with van der Waals surface area (Å²) < 4.78 is 0. The van der Waals surface area contributed by atoms with Gasteiger partial charge in [-0.3, -0.25) is 9.59 Å². The fraction of sp³-hybridized carbons (Fsp3) is 0.750. The summed E-state index contributed by atoms with van der Waals surface area (Å²) in [6.45, 7) is 3.38. The number of nitrogens with zero attached hydrogens (tertiary/aromatic N) is 2. The van der Waals surface area contributed by atoms with E-state index in [2.05, 4.69) is 0 Å². The molecule has 2 aliphatic heterocycles. The molecule has 106 valence electrons. The van der Waals surface area contributed by atoms with Crippen molar-refractivity contribution in [3.8, 4) is 0 Å². The number of carbonyl (C=O) groups is 3. The van der Waals surface area contributed by atoms with Gasteiger partial charge in [0.15, 0.2) is 0 Å². The standard InChI is InChI=1S/C12H19N3O4/c1-7-4-15(6-9(7)11(17)18)12(19)14-3-2-8(5-14)10(13)16/h7-9H,2-6H2,1H3,(H2,13,16)(H,17,18). The van der Waals surface area contributed by atoms with Crippen molar-refractivity contribution in [1.82, 2.24) is 9.80 Å². The highest BCUT2D eigenvalue weighted by molar-refractivity contribution is 5.81. The molecular weight excluding hydrogens is 250 g/mol. The van der Waals surface area contributed by atoms with Crippen molar-refractivity contribution in [3.63, 3.8) is 0 Å². The number of urea groups is 1. The SMILES string of the molecule is CC1CN(C(=O)N2CCC(C(N)=O)C2)CC1C(=O)O. The molecule has 2 aliphatic rings. The maximum Gasteiger partial charge on any atom is 0.320 e. The normalized spacial score (nSPS) is 30.7. The summed E-state index contributed by atoms with van der Waals surface area (Å²) in [7, 11) is 0. The Bertz CT molecular complexity index is 412. The molecule has 19 heavy (non-hydrogen) atoms. The molecule has 0 radical (unpaired) electrons. The monoisotopic (exact) mass is 269 g/mol. The number of carbonyl (C=O) groups excluding carboxylic acids is 2. The van der Waals surface area contributed by atoms with Gasteiger partial charge in [0, 0.05) is 26.2 Å². The maximum absolute atomic E-state index is 12.2. The van der Waals surface area contributed by atoms with Crippen LogP contribution in [0.3, 0.4) is 0 Å². The van der Waals surface area contributed by atoms with Crippen LogP contribution in [0.5, 0.6) is 0 Å². The van der Waals surface area contributed by atoms with Gasteiger partial charge < -0.3 is 20.6 Å². The molecule has 3 amide bonds. The van der Waals surface area contributed by atoms with Crippen LogP contribution in [0.4, 0.5) is 4.79 Å². The summed E-state index contributed by atoms with van der Waals surface area (Å²) in [5.41, 5.74) is 5.23. The van der Waals surface area contributed by atoms with E-state index in [9.17, 15) is 14.4 Å². The average molecular weight is 269 g/mol. The van der Waals surface area contributed by atoms with Crippen LogP contribution in [0, 0.1) is 17.8 Å². The quantitative estimate of drug-likeness (QED) is 0.709. The molecule has 7 nitrogen and oxygen atoms in total. The Morgan fingerprint density at radius 3 is 2.32 bits per heavy atom. The first-order valence-corrected chi connectivity index (χ1v) is 6.46. The Kier molecular flexibility index (Phi) is 3.64. The summed E-state index contributed by atoms with van der Waals surface area (Å²) in [5.74, 6) is -2.07. The second-order valence-corrected chi connectivity index (χ2v) is 5.44. The van der Waals surface area contributed by atoms with Crippen LogP contribution in [0.15, 0.2) is 0 Å². The predicted octanol–water partition coefficient (Wildman–Crippen LogP) is -0.434. The molecule has 2 fully saturated rings. The van der Waals surface area contributed by atoms with Crippen molar-refractivity contribution < 1.29 is 19.5 Å². The third-order valence-electron chi connectivity index (χ3n) is 4.06. The Hall–Kier alpha value is -1.79. The van der Waals surface area contributed by atoms with Gasteiger partial charge in [0.25, 0.3) is 0 Å². The smallest absolute Gasteiger partial charge is 0.320 e. The molecule has 7 heteroatoms. The van der Waals surface area contributed by atoms with Crippen LogP contribution in [-0.4, -0.2) is 59.0 Å². The Morgan fingerprint density at radius 2 is 1.84 bits per heavy atom. The molecule has 3 unspecified atom stereocenters. The average Bonchev–Trinajstić information content (AvgIpc) is 2.94. The first-order chi connectivity index (χ1) is 8.90. The predicted molar refractivity (Wildman–Crippen MR) is 66.1 cm³/mol. The van der Waals surface area contributed by atoms with Crippen LogP contribution in [-0.2, 0) is 9.59 Å². The number of rotatable bonds is 2. The topological polar surface area (TPSA) is 104 Å². The van der Waals surface area contributed by atoms with Gasteiger partial charge in [-0.2, -0.15) is 0 Å². The maximum atomic E-state index is 12.2. The zero-order valence-corrected chi connectivity index (χ0v) is 10.9. The van der Waals surface area contributed by atoms with Crippen molar-refractivity contribution >= 4 is 17.9 Å². The van der Waals surface area contributed by atoms with E-state index in [1.165, 1.54) is 0 Å². The van der Waals surface area contributed by atoms with Gasteiger partial charge in [-0.1, -0.05) is 6.92 Å². The number of aliphatic carboxylic acids is 1. The minimum atomic E-state index is -0.862. The Labute approximate surface area is 111 Å². The molecule has 0 aromatic rings. The number of carboxylic acids is 1. The minimum Gasteiger partial charge on any atom is -0.481 e. The van der Waals surface area contributed by atoms with Gasteiger partial charge in [-0.15, -0.1) is 0 Å². The van der Waals surface area contributed by atoms with Gasteiger partial charge in [0.1, 0.15) is 0 Å². The van der Waals surface area contributed by atoms with Gasteiger partial charge in [0.05, 0.1) is 11.8 Å². The van der Waals surface area contributed by atoms with E-state index in [4.69, 9.17) is 10.8 Å². The molecule has 3 N–H and O–H groups in total. The molecule has 0 aliphatic carbocycles. The molecule has 0 spiro atoms. The highest BCUT2D eigenvalue weighted by atomic mass is 16.4. The molecule has 2 saturated heterocycles. The first-order valence-electron chi connectivity index (χ1n) is 6.46. The third kappa shape index (κ3) is 2.64. The van der Waals surface area contributed by atoms with E-state index in [0.717, 1.165) is 0 Å². The molecule has 0 saturated carbocycles. The van der Waals surface area contributed by atoms with Crippen LogP contribution >= 0.6 is 0 Å². The van der Waals surface area contributed by atoms with Crippen LogP contribution in [0.2, 0.25) is 0 Å². The lowest BCUT2D eigenvalue weighted by Gasteiger charge is -2.24. The summed E-state index contributed by atoms with van der Waals surface area (Å²) in [6, 6.07) is -0.181. The summed E-state index contributed by atoms with van der Waals surface area (Å²) in [6.07, 6.45) is 0.590. The lowest BCUT2D eigenvalue weighted by Crippen LogP contribution is -2.42. The second-order valence-electron chi connectivity index (χ2n) is 5.44. The molecule has 0 aromatic heterocycles.